The largest absolute Gasteiger partial charge is 0.355 e. The third kappa shape index (κ3) is 3.93. The number of amides is 2. The molecule has 1 heterocycles. The molecule has 0 radical (unpaired) electrons. The number of rotatable bonds is 7. The Morgan fingerprint density at radius 2 is 2.05 bits per heavy atom. The van der Waals surface area contributed by atoms with Gasteiger partial charge in [-0.2, -0.15) is 0 Å². The summed E-state index contributed by atoms with van der Waals surface area (Å²) in [5.41, 5.74) is -0.294. The summed E-state index contributed by atoms with van der Waals surface area (Å²) < 4.78 is 0. The molecule has 1 aliphatic heterocycles. The van der Waals surface area contributed by atoms with Gasteiger partial charge in [0, 0.05) is 19.6 Å². The van der Waals surface area contributed by atoms with E-state index in [4.69, 9.17) is 0 Å². The van der Waals surface area contributed by atoms with Crippen LogP contribution in [0.4, 0.5) is 0 Å². The molecule has 5 nitrogen and oxygen atoms in total. The van der Waals surface area contributed by atoms with Crippen LogP contribution in [0, 0.1) is 5.41 Å². The molecule has 19 heavy (non-hydrogen) atoms. The number of nitrogens with zero attached hydrogens (tertiary/aromatic N) is 1. The lowest BCUT2D eigenvalue weighted by atomic mass is 9.81. The van der Waals surface area contributed by atoms with Crippen molar-refractivity contribution in [1.29, 1.82) is 0 Å². The first kappa shape index (κ1) is 16.0. The second-order valence-corrected chi connectivity index (χ2v) is 5.23. The van der Waals surface area contributed by atoms with E-state index in [1.165, 1.54) is 0 Å². The summed E-state index contributed by atoms with van der Waals surface area (Å²) in [4.78, 5) is 26.1. The molecule has 0 aliphatic carbocycles. The molecular weight excluding hydrogens is 242 g/mol. The van der Waals surface area contributed by atoms with E-state index in [0.29, 0.717) is 13.1 Å². The Balaban J connectivity index is 2.72. The molecule has 110 valence electrons. The van der Waals surface area contributed by atoms with Crippen LogP contribution < -0.4 is 10.6 Å². The molecule has 1 aliphatic rings. The fourth-order valence-corrected chi connectivity index (χ4v) is 2.81. The first-order valence-electron chi connectivity index (χ1n) is 7.36. The molecule has 0 saturated carbocycles. The van der Waals surface area contributed by atoms with Gasteiger partial charge >= 0.3 is 0 Å². The lowest BCUT2D eigenvalue weighted by Gasteiger charge is -2.33. The number of likely N-dealkylation sites (N-methyl/N-ethyl adjacent to an activating group) is 2. The quantitative estimate of drug-likeness (QED) is 0.717. The summed E-state index contributed by atoms with van der Waals surface area (Å²) in [6.45, 7) is 8.92. The molecule has 1 saturated heterocycles. The lowest BCUT2D eigenvalue weighted by Crippen LogP contribution is -2.48. The zero-order chi connectivity index (χ0) is 14.3. The minimum absolute atomic E-state index is 0.0738. The van der Waals surface area contributed by atoms with Crippen molar-refractivity contribution >= 4 is 11.8 Å². The average molecular weight is 269 g/mol. The van der Waals surface area contributed by atoms with Crippen LogP contribution in [0.5, 0.6) is 0 Å². The average Bonchev–Trinajstić information content (AvgIpc) is 2.86. The van der Waals surface area contributed by atoms with Gasteiger partial charge in [-0.05, 0) is 33.2 Å². The van der Waals surface area contributed by atoms with E-state index in [9.17, 15) is 9.59 Å². The predicted molar refractivity (Wildman–Crippen MR) is 75.8 cm³/mol. The van der Waals surface area contributed by atoms with Crippen LogP contribution in [0.2, 0.25) is 0 Å². The molecular formula is C14H27N3O2. The highest BCUT2D eigenvalue weighted by molar-refractivity contribution is 5.88. The summed E-state index contributed by atoms with van der Waals surface area (Å²) in [7, 11) is 0. The topological polar surface area (TPSA) is 61.4 Å². The van der Waals surface area contributed by atoms with Crippen LogP contribution in [0.1, 0.15) is 40.0 Å². The van der Waals surface area contributed by atoms with E-state index in [1.54, 1.807) is 4.90 Å². The third-order valence-electron chi connectivity index (χ3n) is 3.80. The maximum absolute atomic E-state index is 12.7. The summed E-state index contributed by atoms with van der Waals surface area (Å²) in [5, 5.41) is 6.04. The second kappa shape index (κ2) is 7.48. The minimum Gasteiger partial charge on any atom is -0.355 e. The third-order valence-corrected chi connectivity index (χ3v) is 3.80. The van der Waals surface area contributed by atoms with Gasteiger partial charge in [-0.1, -0.05) is 13.3 Å². The first-order valence-corrected chi connectivity index (χ1v) is 7.36. The molecule has 0 aromatic heterocycles. The summed E-state index contributed by atoms with van der Waals surface area (Å²) in [6.07, 6.45) is 2.77. The van der Waals surface area contributed by atoms with Crippen molar-refractivity contribution in [2.45, 2.75) is 40.0 Å². The Bertz CT molecular complexity index is 312. The Hall–Kier alpha value is -1.10. The lowest BCUT2D eigenvalue weighted by molar-refractivity contribution is -0.144. The summed E-state index contributed by atoms with van der Waals surface area (Å²) >= 11 is 0. The van der Waals surface area contributed by atoms with Crippen LogP contribution in [0.25, 0.3) is 0 Å². The highest BCUT2D eigenvalue weighted by Crippen LogP contribution is 2.33. The fraction of sp³-hybridized carbons (Fsp3) is 0.857. The maximum atomic E-state index is 12.7. The van der Waals surface area contributed by atoms with E-state index in [1.807, 2.05) is 13.8 Å². The molecule has 2 amide bonds. The summed E-state index contributed by atoms with van der Waals surface area (Å²) in [5.74, 6) is 0.0587. The van der Waals surface area contributed by atoms with Gasteiger partial charge in [-0.15, -0.1) is 0 Å². The number of hydrogen-bond acceptors (Lipinski definition) is 3. The zero-order valence-corrected chi connectivity index (χ0v) is 12.4. The van der Waals surface area contributed by atoms with Crippen LogP contribution >= 0.6 is 0 Å². The normalized spacial score (nSPS) is 22.3. The molecule has 0 spiro atoms. The van der Waals surface area contributed by atoms with E-state index in [2.05, 4.69) is 17.6 Å². The van der Waals surface area contributed by atoms with Crippen LogP contribution in [-0.4, -0.2) is 49.4 Å². The van der Waals surface area contributed by atoms with Crippen molar-refractivity contribution in [3.63, 3.8) is 0 Å². The molecule has 0 aromatic carbocycles. The van der Waals surface area contributed by atoms with Gasteiger partial charge in [0.05, 0.1) is 12.0 Å². The van der Waals surface area contributed by atoms with Gasteiger partial charge in [0.15, 0.2) is 0 Å². The number of carbonyl (C=O) groups excluding carboxylic acids is 2. The summed E-state index contributed by atoms with van der Waals surface area (Å²) in [6, 6.07) is 0. The molecule has 1 unspecified atom stereocenters. The monoisotopic (exact) mass is 269 g/mol. The predicted octanol–water partition coefficient (Wildman–Crippen LogP) is 0.751. The Morgan fingerprint density at radius 3 is 2.53 bits per heavy atom. The Morgan fingerprint density at radius 1 is 1.32 bits per heavy atom. The SMILES string of the molecule is CCCC1(C(=O)N(CC)CC(=O)NCC)CCNC1. The van der Waals surface area contributed by atoms with Crippen LogP contribution in [0.3, 0.4) is 0 Å². The van der Waals surface area contributed by atoms with Crippen molar-refractivity contribution in [2.24, 2.45) is 5.41 Å². The number of hydrogen-bond donors (Lipinski definition) is 2. The van der Waals surface area contributed by atoms with Crippen molar-refractivity contribution in [1.82, 2.24) is 15.5 Å². The first-order chi connectivity index (χ1) is 9.09. The van der Waals surface area contributed by atoms with Gasteiger partial charge in [-0.3, -0.25) is 9.59 Å². The van der Waals surface area contributed by atoms with Crippen molar-refractivity contribution in [2.75, 3.05) is 32.7 Å². The smallest absolute Gasteiger partial charge is 0.239 e. The highest BCUT2D eigenvalue weighted by Gasteiger charge is 2.42. The highest BCUT2D eigenvalue weighted by atomic mass is 16.2. The van der Waals surface area contributed by atoms with Crippen molar-refractivity contribution < 1.29 is 9.59 Å². The maximum Gasteiger partial charge on any atom is 0.239 e. The molecule has 1 atom stereocenters. The van der Waals surface area contributed by atoms with E-state index in [-0.39, 0.29) is 23.8 Å². The Kier molecular flexibility index (Phi) is 6.28. The Labute approximate surface area is 116 Å². The molecule has 0 aromatic rings. The van der Waals surface area contributed by atoms with Crippen molar-refractivity contribution in [3.8, 4) is 0 Å². The van der Waals surface area contributed by atoms with Gasteiger partial charge in [0.2, 0.25) is 11.8 Å². The fourth-order valence-electron chi connectivity index (χ4n) is 2.81. The number of nitrogens with one attached hydrogen (secondary N) is 2. The van der Waals surface area contributed by atoms with Crippen LogP contribution in [0.15, 0.2) is 0 Å². The van der Waals surface area contributed by atoms with E-state index in [0.717, 1.165) is 32.4 Å². The van der Waals surface area contributed by atoms with Crippen molar-refractivity contribution in [3.05, 3.63) is 0 Å². The van der Waals surface area contributed by atoms with Gasteiger partial charge in [-0.25, -0.2) is 0 Å². The zero-order valence-electron chi connectivity index (χ0n) is 12.4. The standard InChI is InChI=1S/C14H27N3O2/c1-4-7-14(8-9-15-11-14)13(19)17(6-3)10-12(18)16-5-2/h15H,4-11H2,1-3H3,(H,16,18). The van der Waals surface area contributed by atoms with E-state index >= 15 is 0 Å². The molecule has 1 fully saturated rings. The molecule has 1 rings (SSSR count). The second-order valence-electron chi connectivity index (χ2n) is 5.23. The van der Waals surface area contributed by atoms with Gasteiger partial charge in [0.1, 0.15) is 0 Å². The van der Waals surface area contributed by atoms with Gasteiger partial charge in [0.25, 0.3) is 0 Å². The van der Waals surface area contributed by atoms with E-state index < -0.39 is 0 Å². The molecule has 2 N–H and O–H groups in total. The number of carbonyl (C=O) groups is 2. The molecule has 0 bridgehead atoms. The van der Waals surface area contributed by atoms with Crippen LogP contribution in [-0.2, 0) is 9.59 Å². The minimum atomic E-state index is -0.294. The van der Waals surface area contributed by atoms with Gasteiger partial charge < -0.3 is 15.5 Å². The molecule has 5 heteroatoms.